The molecular formula is C12H16N4O3S. The van der Waals surface area contributed by atoms with Gasteiger partial charge < -0.3 is 15.0 Å². The number of hydrogen-bond donors (Lipinski definition) is 2. The van der Waals surface area contributed by atoms with Crippen molar-refractivity contribution < 1.29 is 13.2 Å². The fourth-order valence-electron chi connectivity index (χ4n) is 1.71. The molecule has 1 aromatic carbocycles. The molecule has 0 fully saturated rings. The minimum Gasteiger partial charge on any atom is -0.495 e. The van der Waals surface area contributed by atoms with Gasteiger partial charge >= 0.3 is 0 Å². The first-order valence-electron chi connectivity index (χ1n) is 5.92. The molecule has 0 amide bonds. The zero-order valence-electron chi connectivity index (χ0n) is 11.0. The fraction of sp³-hybridized carbons (Fsp3) is 0.250. The molecule has 0 unspecified atom stereocenters. The molecule has 0 atom stereocenters. The average molecular weight is 296 g/mol. The molecule has 0 radical (unpaired) electrons. The lowest BCUT2D eigenvalue weighted by Gasteiger charge is -2.11. The maximum absolute atomic E-state index is 12.2. The van der Waals surface area contributed by atoms with Crippen molar-refractivity contribution in [3.05, 3.63) is 36.9 Å². The highest BCUT2D eigenvalue weighted by molar-refractivity contribution is 7.89. The van der Waals surface area contributed by atoms with E-state index in [0.717, 1.165) is 0 Å². The Morgan fingerprint density at radius 3 is 2.90 bits per heavy atom. The number of methoxy groups -OCH3 is 1. The van der Waals surface area contributed by atoms with Gasteiger partial charge in [-0.2, -0.15) is 0 Å². The van der Waals surface area contributed by atoms with Gasteiger partial charge in [-0.1, -0.05) is 0 Å². The molecule has 0 saturated carbocycles. The van der Waals surface area contributed by atoms with Gasteiger partial charge in [0.05, 0.1) is 13.4 Å². The summed E-state index contributed by atoms with van der Waals surface area (Å²) in [6.07, 6.45) is 5.02. The van der Waals surface area contributed by atoms with E-state index in [0.29, 0.717) is 12.2 Å². The summed E-state index contributed by atoms with van der Waals surface area (Å²) in [6, 6.07) is 4.42. The van der Waals surface area contributed by atoms with Crippen molar-refractivity contribution in [1.29, 1.82) is 0 Å². The fourth-order valence-corrected chi connectivity index (χ4v) is 2.88. The van der Waals surface area contributed by atoms with Gasteiger partial charge in [0.15, 0.2) is 0 Å². The number of ether oxygens (including phenoxy) is 1. The number of hydrogen-bond acceptors (Lipinski definition) is 5. The minimum atomic E-state index is -3.64. The van der Waals surface area contributed by atoms with Gasteiger partial charge in [-0.3, -0.25) is 0 Å². The molecule has 2 rings (SSSR count). The van der Waals surface area contributed by atoms with Crippen molar-refractivity contribution in [2.75, 3.05) is 19.4 Å². The van der Waals surface area contributed by atoms with Crippen LogP contribution < -0.4 is 15.2 Å². The number of benzene rings is 1. The highest BCUT2D eigenvalue weighted by atomic mass is 32.2. The lowest BCUT2D eigenvalue weighted by Crippen LogP contribution is -2.27. The highest BCUT2D eigenvalue weighted by Crippen LogP contribution is 2.25. The first-order chi connectivity index (χ1) is 9.53. The van der Waals surface area contributed by atoms with Crippen LogP contribution in [0.15, 0.2) is 41.8 Å². The van der Waals surface area contributed by atoms with E-state index in [4.69, 9.17) is 10.5 Å². The van der Waals surface area contributed by atoms with E-state index < -0.39 is 10.0 Å². The monoisotopic (exact) mass is 296 g/mol. The summed E-state index contributed by atoms with van der Waals surface area (Å²) < 4.78 is 33.7. The van der Waals surface area contributed by atoms with Crippen LogP contribution in [-0.2, 0) is 16.6 Å². The Hall–Kier alpha value is -2.06. The summed E-state index contributed by atoms with van der Waals surface area (Å²) >= 11 is 0. The molecule has 3 N–H and O–H groups in total. The number of aromatic nitrogens is 2. The summed E-state index contributed by atoms with van der Waals surface area (Å²) in [5, 5.41) is 0. The third-order valence-electron chi connectivity index (χ3n) is 2.70. The second kappa shape index (κ2) is 5.93. The molecule has 0 spiro atoms. The van der Waals surface area contributed by atoms with Crippen molar-refractivity contribution >= 4 is 15.7 Å². The average Bonchev–Trinajstić information content (AvgIpc) is 2.91. The first-order valence-corrected chi connectivity index (χ1v) is 7.40. The molecule has 7 nitrogen and oxygen atoms in total. The van der Waals surface area contributed by atoms with E-state index in [-0.39, 0.29) is 17.2 Å². The number of sulfonamides is 1. The molecule has 0 bridgehead atoms. The van der Waals surface area contributed by atoms with Gasteiger partial charge in [0.25, 0.3) is 0 Å². The van der Waals surface area contributed by atoms with E-state index >= 15 is 0 Å². The van der Waals surface area contributed by atoms with E-state index in [1.807, 2.05) is 0 Å². The summed E-state index contributed by atoms with van der Waals surface area (Å²) in [6.45, 7) is 0.753. The summed E-state index contributed by atoms with van der Waals surface area (Å²) in [7, 11) is -2.24. The van der Waals surface area contributed by atoms with Gasteiger partial charge in [0.1, 0.15) is 10.6 Å². The van der Waals surface area contributed by atoms with Crippen LogP contribution in [0, 0.1) is 0 Å². The van der Waals surface area contributed by atoms with Gasteiger partial charge in [-0.25, -0.2) is 18.1 Å². The lowest BCUT2D eigenvalue weighted by atomic mass is 10.3. The van der Waals surface area contributed by atoms with Crippen molar-refractivity contribution in [2.24, 2.45) is 0 Å². The Kier molecular flexibility index (Phi) is 4.26. The van der Waals surface area contributed by atoms with Gasteiger partial charge in [-0.15, -0.1) is 0 Å². The molecule has 0 aliphatic rings. The number of imidazole rings is 1. The predicted octanol–water partition coefficient (Wildman–Crippen LogP) is 0.452. The van der Waals surface area contributed by atoms with E-state index in [2.05, 4.69) is 9.71 Å². The number of nitrogens with zero attached hydrogens (tertiary/aromatic N) is 2. The third-order valence-corrected chi connectivity index (χ3v) is 4.20. The van der Waals surface area contributed by atoms with Gasteiger partial charge in [0, 0.05) is 37.2 Å². The zero-order valence-corrected chi connectivity index (χ0v) is 11.8. The van der Waals surface area contributed by atoms with E-state index in [1.165, 1.54) is 25.3 Å². The number of nitrogen functional groups attached to an aromatic ring is 1. The zero-order chi connectivity index (χ0) is 14.6. The normalized spacial score (nSPS) is 11.4. The number of nitrogens with two attached hydrogens (primary N) is 1. The summed E-state index contributed by atoms with van der Waals surface area (Å²) in [5.74, 6) is 0.222. The van der Waals surface area contributed by atoms with Crippen LogP contribution in [0.1, 0.15) is 0 Å². The van der Waals surface area contributed by atoms with Crippen LogP contribution in [0.25, 0.3) is 0 Å². The van der Waals surface area contributed by atoms with Crippen LogP contribution in [-0.4, -0.2) is 31.6 Å². The van der Waals surface area contributed by atoms with Crippen molar-refractivity contribution in [1.82, 2.24) is 14.3 Å². The highest BCUT2D eigenvalue weighted by Gasteiger charge is 2.18. The second-order valence-corrected chi connectivity index (χ2v) is 5.84. The Morgan fingerprint density at radius 2 is 2.25 bits per heavy atom. The number of rotatable bonds is 6. The Morgan fingerprint density at radius 1 is 1.45 bits per heavy atom. The molecule has 1 aromatic heterocycles. The topological polar surface area (TPSA) is 99.2 Å². The summed E-state index contributed by atoms with van der Waals surface area (Å²) in [5.41, 5.74) is 6.05. The van der Waals surface area contributed by atoms with Crippen LogP contribution >= 0.6 is 0 Å². The molecular weight excluding hydrogens is 280 g/mol. The Labute approximate surface area is 117 Å². The molecule has 0 saturated heterocycles. The van der Waals surface area contributed by atoms with Crippen LogP contribution in [0.5, 0.6) is 5.75 Å². The molecule has 2 aromatic rings. The molecule has 0 aliphatic carbocycles. The molecule has 8 heteroatoms. The summed E-state index contributed by atoms with van der Waals surface area (Å²) in [4.78, 5) is 3.95. The van der Waals surface area contributed by atoms with Gasteiger partial charge in [0.2, 0.25) is 10.0 Å². The quantitative estimate of drug-likeness (QED) is 0.754. The van der Waals surface area contributed by atoms with Crippen LogP contribution in [0.4, 0.5) is 5.69 Å². The maximum Gasteiger partial charge on any atom is 0.244 e. The SMILES string of the molecule is COc1cc(N)ccc1S(=O)(=O)NCCn1ccnc1. The molecule has 108 valence electrons. The third kappa shape index (κ3) is 3.28. The Bertz CT molecular complexity index is 668. The standard InChI is InChI=1S/C12H16N4O3S/c1-19-11-8-10(13)2-3-12(11)20(17,18)15-5-7-16-6-4-14-9-16/h2-4,6,8-9,15H,5,7,13H2,1H3. The van der Waals surface area contributed by atoms with Gasteiger partial charge in [-0.05, 0) is 12.1 Å². The van der Waals surface area contributed by atoms with E-state index in [1.54, 1.807) is 23.3 Å². The lowest BCUT2D eigenvalue weighted by molar-refractivity contribution is 0.402. The predicted molar refractivity (Wildman–Crippen MR) is 74.8 cm³/mol. The van der Waals surface area contributed by atoms with Crippen LogP contribution in [0.2, 0.25) is 0 Å². The van der Waals surface area contributed by atoms with E-state index in [9.17, 15) is 8.42 Å². The molecule has 1 heterocycles. The molecule has 20 heavy (non-hydrogen) atoms. The first kappa shape index (κ1) is 14.4. The maximum atomic E-state index is 12.2. The second-order valence-electron chi connectivity index (χ2n) is 4.11. The Balaban J connectivity index is 2.10. The van der Waals surface area contributed by atoms with Crippen molar-refractivity contribution in [3.63, 3.8) is 0 Å². The number of anilines is 1. The largest absolute Gasteiger partial charge is 0.495 e. The molecule has 0 aliphatic heterocycles. The smallest absolute Gasteiger partial charge is 0.244 e. The number of nitrogens with one attached hydrogen (secondary N) is 1. The van der Waals surface area contributed by atoms with Crippen molar-refractivity contribution in [3.8, 4) is 5.75 Å². The van der Waals surface area contributed by atoms with Crippen LogP contribution in [0.3, 0.4) is 0 Å². The minimum absolute atomic E-state index is 0.0693. The van der Waals surface area contributed by atoms with Crippen molar-refractivity contribution in [2.45, 2.75) is 11.4 Å².